The smallest absolute Gasteiger partial charge is 0.231 e. The number of carbonyl (C=O) groups excluding carboxylic acids is 1. The molecule has 1 amide bonds. The summed E-state index contributed by atoms with van der Waals surface area (Å²) >= 11 is 0. The average molecular weight is 373 g/mol. The number of ether oxygens (including phenoxy) is 2. The van der Waals surface area contributed by atoms with Gasteiger partial charge in [0.2, 0.25) is 12.7 Å². The van der Waals surface area contributed by atoms with E-state index in [0.717, 1.165) is 63.7 Å². The lowest BCUT2D eigenvalue weighted by Crippen LogP contribution is -2.51. The van der Waals surface area contributed by atoms with Crippen molar-refractivity contribution in [3.8, 4) is 11.5 Å². The molecule has 1 aromatic carbocycles. The molecule has 0 N–H and O–H groups in total. The molecule has 6 heteroatoms. The van der Waals surface area contributed by atoms with E-state index in [2.05, 4.69) is 40.7 Å². The van der Waals surface area contributed by atoms with Gasteiger partial charge in [0.1, 0.15) is 0 Å². The van der Waals surface area contributed by atoms with Crippen molar-refractivity contribution in [3.05, 3.63) is 23.8 Å². The second-order valence-electron chi connectivity index (χ2n) is 8.31. The predicted octanol–water partition coefficient (Wildman–Crippen LogP) is 2.18. The molecule has 0 saturated carbocycles. The average Bonchev–Trinajstić information content (AvgIpc) is 3.12. The summed E-state index contributed by atoms with van der Waals surface area (Å²) < 4.78 is 10.9. The molecule has 1 aromatic rings. The van der Waals surface area contributed by atoms with Crippen molar-refractivity contribution < 1.29 is 14.3 Å². The summed E-state index contributed by atoms with van der Waals surface area (Å²) in [4.78, 5) is 19.2. The molecule has 27 heavy (non-hydrogen) atoms. The van der Waals surface area contributed by atoms with E-state index in [0.29, 0.717) is 31.1 Å². The molecule has 0 spiro atoms. The van der Waals surface area contributed by atoms with E-state index in [1.807, 2.05) is 6.07 Å². The number of fused-ring (bicyclic) bond motifs is 1. The van der Waals surface area contributed by atoms with Gasteiger partial charge in [-0.15, -0.1) is 0 Å². The van der Waals surface area contributed by atoms with Crippen molar-refractivity contribution in [3.63, 3.8) is 0 Å². The van der Waals surface area contributed by atoms with Gasteiger partial charge >= 0.3 is 0 Å². The van der Waals surface area contributed by atoms with Gasteiger partial charge in [-0.25, -0.2) is 0 Å². The van der Waals surface area contributed by atoms with Crippen molar-refractivity contribution in [1.82, 2.24) is 14.7 Å². The zero-order valence-electron chi connectivity index (χ0n) is 16.5. The summed E-state index contributed by atoms with van der Waals surface area (Å²) in [5.41, 5.74) is 1.28. The summed E-state index contributed by atoms with van der Waals surface area (Å²) in [6, 6.07) is 6.57. The zero-order valence-corrected chi connectivity index (χ0v) is 16.5. The van der Waals surface area contributed by atoms with Gasteiger partial charge in [-0.1, -0.05) is 6.07 Å². The fourth-order valence-electron chi connectivity index (χ4n) is 4.38. The highest BCUT2D eigenvalue weighted by atomic mass is 16.7. The van der Waals surface area contributed by atoms with Gasteiger partial charge in [0.25, 0.3) is 0 Å². The maximum Gasteiger partial charge on any atom is 0.231 e. The molecule has 3 aliphatic rings. The van der Waals surface area contributed by atoms with Gasteiger partial charge in [0, 0.05) is 58.3 Å². The summed E-state index contributed by atoms with van der Waals surface area (Å²) in [5.74, 6) is 2.66. The first-order valence-electron chi connectivity index (χ1n) is 10.2. The third-order valence-electron chi connectivity index (χ3n) is 5.99. The topological polar surface area (TPSA) is 45.2 Å². The number of carbonyl (C=O) groups is 1. The molecule has 6 nitrogen and oxygen atoms in total. The summed E-state index contributed by atoms with van der Waals surface area (Å²) in [7, 11) is 0. The first-order valence-corrected chi connectivity index (χ1v) is 10.2. The molecule has 0 bridgehead atoms. The van der Waals surface area contributed by atoms with Crippen LogP contribution in [0.2, 0.25) is 0 Å². The summed E-state index contributed by atoms with van der Waals surface area (Å²) in [6.45, 7) is 12.0. The van der Waals surface area contributed by atoms with E-state index in [1.165, 1.54) is 5.56 Å². The van der Waals surface area contributed by atoms with Crippen LogP contribution in [-0.2, 0) is 11.3 Å². The van der Waals surface area contributed by atoms with Crippen LogP contribution < -0.4 is 9.47 Å². The number of benzene rings is 1. The Kier molecular flexibility index (Phi) is 5.55. The molecule has 3 aliphatic heterocycles. The number of piperazine rings is 1. The van der Waals surface area contributed by atoms with E-state index in [1.54, 1.807) is 0 Å². The molecular formula is C21H31N3O3. The first kappa shape index (κ1) is 18.6. The molecule has 1 atom stereocenters. The molecule has 3 heterocycles. The van der Waals surface area contributed by atoms with Crippen molar-refractivity contribution in [2.45, 2.75) is 39.3 Å². The van der Waals surface area contributed by atoms with E-state index in [9.17, 15) is 4.79 Å². The summed E-state index contributed by atoms with van der Waals surface area (Å²) in [6.07, 6.45) is 1.76. The highest BCUT2D eigenvalue weighted by Gasteiger charge is 2.29. The van der Waals surface area contributed by atoms with Crippen LogP contribution in [0.4, 0.5) is 0 Å². The van der Waals surface area contributed by atoms with Crippen LogP contribution in [-0.4, -0.2) is 72.7 Å². The van der Waals surface area contributed by atoms with Crippen LogP contribution in [0.25, 0.3) is 0 Å². The normalized spacial score (nSPS) is 24.0. The minimum Gasteiger partial charge on any atom is -0.454 e. The second kappa shape index (κ2) is 8.07. The molecule has 0 aromatic heterocycles. The number of amides is 1. The Morgan fingerprint density at radius 1 is 1.07 bits per heavy atom. The third kappa shape index (κ3) is 4.38. The molecule has 2 fully saturated rings. The standard InChI is InChI=1S/C21H31N3O3/c1-16(2)24-14-18(4-6-21(24)25)13-23-9-7-22(8-10-23)12-17-3-5-19-20(11-17)27-15-26-19/h3,5,11,16,18H,4,6-10,12-15H2,1-2H3. The zero-order chi connectivity index (χ0) is 18.8. The monoisotopic (exact) mass is 373 g/mol. The molecule has 148 valence electrons. The highest BCUT2D eigenvalue weighted by Crippen LogP contribution is 2.33. The van der Waals surface area contributed by atoms with Gasteiger partial charge in [0.05, 0.1) is 0 Å². The Labute approximate surface area is 162 Å². The van der Waals surface area contributed by atoms with Crippen LogP contribution in [0.15, 0.2) is 18.2 Å². The van der Waals surface area contributed by atoms with Crippen LogP contribution >= 0.6 is 0 Å². The number of likely N-dealkylation sites (tertiary alicyclic amines) is 1. The molecule has 0 aliphatic carbocycles. The lowest BCUT2D eigenvalue weighted by molar-refractivity contribution is -0.137. The molecular weight excluding hydrogens is 342 g/mol. The van der Waals surface area contributed by atoms with E-state index >= 15 is 0 Å². The largest absolute Gasteiger partial charge is 0.454 e. The molecule has 0 radical (unpaired) electrons. The fourth-order valence-corrected chi connectivity index (χ4v) is 4.38. The van der Waals surface area contributed by atoms with Crippen LogP contribution in [0.5, 0.6) is 11.5 Å². The number of nitrogens with zero attached hydrogens (tertiary/aromatic N) is 3. The van der Waals surface area contributed by atoms with Gasteiger partial charge < -0.3 is 19.3 Å². The minimum atomic E-state index is 0.318. The van der Waals surface area contributed by atoms with E-state index in [-0.39, 0.29) is 0 Å². The van der Waals surface area contributed by atoms with Gasteiger partial charge in [-0.05, 0) is 43.9 Å². The molecule has 4 rings (SSSR count). The van der Waals surface area contributed by atoms with Gasteiger partial charge in [0.15, 0.2) is 11.5 Å². The Morgan fingerprint density at radius 3 is 2.59 bits per heavy atom. The van der Waals surface area contributed by atoms with Crippen LogP contribution in [0.3, 0.4) is 0 Å². The van der Waals surface area contributed by atoms with Crippen LogP contribution in [0.1, 0.15) is 32.3 Å². The Bertz CT molecular complexity index is 671. The van der Waals surface area contributed by atoms with Gasteiger partial charge in [-0.2, -0.15) is 0 Å². The lowest BCUT2D eigenvalue weighted by atomic mass is 9.95. The lowest BCUT2D eigenvalue weighted by Gasteiger charge is -2.40. The van der Waals surface area contributed by atoms with Crippen LogP contribution in [0, 0.1) is 5.92 Å². The quantitative estimate of drug-likeness (QED) is 0.792. The van der Waals surface area contributed by atoms with Crippen molar-refractivity contribution in [1.29, 1.82) is 0 Å². The third-order valence-corrected chi connectivity index (χ3v) is 5.99. The minimum absolute atomic E-state index is 0.318. The number of hydrogen-bond acceptors (Lipinski definition) is 5. The molecule has 1 unspecified atom stereocenters. The SMILES string of the molecule is CC(C)N1CC(CN2CCN(Cc3ccc4c(c3)OCO4)CC2)CCC1=O. The maximum atomic E-state index is 12.0. The summed E-state index contributed by atoms with van der Waals surface area (Å²) in [5, 5.41) is 0. The number of piperidine rings is 1. The second-order valence-corrected chi connectivity index (χ2v) is 8.31. The molecule has 2 saturated heterocycles. The van der Waals surface area contributed by atoms with Crippen molar-refractivity contribution in [2.24, 2.45) is 5.92 Å². The number of rotatable bonds is 5. The van der Waals surface area contributed by atoms with Crippen molar-refractivity contribution in [2.75, 3.05) is 46.1 Å². The Morgan fingerprint density at radius 2 is 1.81 bits per heavy atom. The van der Waals surface area contributed by atoms with E-state index in [4.69, 9.17) is 9.47 Å². The fraction of sp³-hybridized carbons (Fsp3) is 0.667. The first-order chi connectivity index (χ1) is 13.1. The number of hydrogen-bond donors (Lipinski definition) is 0. The predicted molar refractivity (Wildman–Crippen MR) is 104 cm³/mol. The van der Waals surface area contributed by atoms with Crippen molar-refractivity contribution >= 4 is 5.91 Å². The highest BCUT2D eigenvalue weighted by molar-refractivity contribution is 5.77. The van der Waals surface area contributed by atoms with Gasteiger partial charge in [-0.3, -0.25) is 9.69 Å². The van der Waals surface area contributed by atoms with E-state index < -0.39 is 0 Å². The maximum absolute atomic E-state index is 12.0. The Balaban J connectivity index is 1.24. The Hall–Kier alpha value is -1.79.